The molecule has 5 atom stereocenters. The minimum Gasteiger partial charge on any atom is -0.506 e. The van der Waals surface area contributed by atoms with Crippen molar-refractivity contribution >= 4 is 33.4 Å². The van der Waals surface area contributed by atoms with Crippen LogP contribution in [0.15, 0.2) is 60.8 Å². The quantitative estimate of drug-likeness (QED) is 0.131. The van der Waals surface area contributed by atoms with Crippen LogP contribution in [0.25, 0.3) is 21.7 Å². The Labute approximate surface area is 341 Å². The van der Waals surface area contributed by atoms with Gasteiger partial charge in [-0.1, -0.05) is 37.0 Å². The molecule has 4 heterocycles. The third kappa shape index (κ3) is 7.25. The molecule has 13 heteroatoms. The van der Waals surface area contributed by atoms with Crippen LogP contribution in [0, 0.1) is 12.0 Å². The smallest absolute Gasteiger partial charge is 0.254 e. The highest BCUT2D eigenvalue weighted by Crippen LogP contribution is 2.47. The van der Waals surface area contributed by atoms with E-state index in [2.05, 4.69) is 34.5 Å². The maximum Gasteiger partial charge on any atom is 0.254 e. The third-order valence-electron chi connectivity index (χ3n) is 12.1. The number of amides is 1. The number of nitrogens with one attached hydrogen (secondary N) is 2. The topological polar surface area (TPSA) is 172 Å². The first-order valence-corrected chi connectivity index (χ1v) is 20.2. The van der Waals surface area contributed by atoms with Crippen molar-refractivity contribution in [3.8, 4) is 29.3 Å². The highest BCUT2D eigenvalue weighted by molar-refractivity contribution is 6.11. The first-order chi connectivity index (χ1) is 28.7. The van der Waals surface area contributed by atoms with Crippen LogP contribution in [0.5, 0.6) is 17.2 Å². The Morgan fingerprint density at radius 2 is 1.88 bits per heavy atom. The van der Waals surface area contributed by atoms with Gasteiger partial charge in [-0.2, -0.15) is 0 Å². The van der Waals surface area contributed by atoms with Gasteiger partial charge in [-0.15, -0.1) is 0 Å². The van der Waals surface area contributed by atoms with Crippen molar-refractivity contribution in [3.63, 3.8) is 0 Å². The molecule has 1 saturated carbocycles. The molecular weight excluding hydrogens is 755 g/mol. The van der Waals surface area contributed by atoms with Crippen molar-refractivity contribution in [2.24, 2.45) is 0 Å². The van der Waals surface area contributed by atoms with Crippen LogP contribution in [-0.2, 0) is 40.3 Å². The van der Waals surface area contributed by atoms with E-state index in [1.54, 1.807) is 24.3 Å². The standard InChI is InChI=1S/C46H47N3O10/c1-47-19-25-12-13-35-32(15-25)29(20-48-35)23-56-24-38-41(51)44-43(53)46(59-38)58-37-18-30(55-2)16-28-17-33(26-7-3-4-8-26)40(42(52)39(28)37)36(50)22-49-21-34-27(10-6-14-57-44)9-5-11-31(34)45(49)54/h5,9,11-13,15-18,20,26,38,41,43-44,46-48,51-53H,3-4,7-8,10,19,21-24H2,1-2H3. The molecule has 4 aliphatic rings. The van der Waals surface area contributed by atoms with E-state index >= 15 is 0 Å². The van der Waals surface area contributed by atoms with Gasteiger partial charge in [0.25, 0.3) is 5.91 Å². The van der Waals surface area contributed by atoms with Gasteiger partial charge in [0.05, 0.1) is 37.8 Å². The molecule has 1 saturated heterocycles. The Morgan fingerprint density at radius 1 is 1.03 bits per heavy atom. The van der Waals surface area contributed by atoms with Gasteiger partial charge in [0.1, 0.15) is 35.6 Å². The molecule has 1 amide bonds. The van der Waals surface area contributed by atoms with Crippen molar-refractivity contribution in [1.29, 1.82) is 0 Å². The number of aliphatic hydroxyl groups is 2. The number of ketones is 1. The van der Waals surface area contributed by atoms with Crippen LogP contribution in [0.3, 0.4) is 0 Å². The molecule has 1 aliphatic carbocycles. The summed E-state index contributed by atoms with van der Waals surface area (Å²) in [4.78, 5) is 33.0. The number of aromatic hydroxyl groups is 1. The number of aliphatic hydroxyl groups excluding tert-OH is 2. The number of Topliss-reactive ketones (excluding diaryl/α,β-unsaturated/α-hetero) is 1. The molecule has 6 bridgehead atoms. The molecule has 13 nitrogen and oxygen atoms in total. The van der Waals surface area contributed by atoms with Gasteiger partial charge in [-0.25, -0.2) is 0 Å². The number of carbonyl (C=O) groups is 2. The van der Waals surface area contributed by atoms with Gasteiger partial charge in [-0.05, 0) is 83.8 Å². The van der Waals surface area contributed by atoms with E-state index in [0.29, 0.717) is 28.8 Å². The van der Waals surface area contributed by atoms with Crippen LogP contribution in [0.2, 0.25) is 0 Å². The van der Waals surface area contributed by atoms with Gasteiger partial charge < -0.3 is 54.2 Å². The lowest BCUT2D eigenvalue weighted by Gasteiger charge is -2.41. The Hall–Kier alpha value is -5.62. The summed E-state index contributed by atoms with van der Waals surface area (Å²) in [6.45, 7) is 0.772. The van der Waals surface area contributed by atoms with Crippen LogP contribution in [0.4, 0.5) is 0 Å². The number of ether oxygens (including phenoxy) is 5. The predicted octanol–water partition coefficient (Wildman–Crippen LogP) is 5.20. The second kappa shape index (κ2) is 16.2. The molecule has 3 aliphatic heterocycles. The number of H-pyrrole nitrogens is 1. The largest absolute Gasteiger partial charge is 0.506 e. The van der Waals surface area contributed by atoms with E-state index in [1.165, 1.54) is 12.0 Å². The minimum absolute atomic E-state index is 0.0256. The fraction of sp³-hybridized carbons (Fsp3) is 0.391. The molecule has 2 fully saturated rings. The van der Waals surface area contributed by atoms with Gasteiger partial charge in [0, 0.05) is 53.8 Å². The summed E-state index contributed by atoms with van der Waals surface area (Å²) in [5, 5.41) is 40.6. The maximum atomic E-state index is 14.5. The number of hydrogen-bond acceptors (Lipinski definition) is 11. The van der Waals surface area contributed by atoms with Crippen molar-refractivity contribution in [2.75, 3.05) is 27.3 Å². The van der Waals surface area contributed by atoms with E-state index in [0.717, 1.165) is 58.8 Å². The number of aromatic nitrogens is 1. The molecule has 0 spiro atoms. The Morgan fingerprint density at radius 3 is 2.69 bits per heavy atom. The third-order valence-corrected chi connectivity index (χ3v) is 12.1. The molecule has 0 radical (unpaired) electrons. The zero-order valence-electron chi connectivity index (χ0n) is 33.0. The van der Waals surface area contributed by atoms with E-state index < -0.39 is 36.5 Å². The molecule has 5 aromatic rings. The van der Waals surface area contributed by atoms with Crippen LogP contribution < -0.4 is 14.8 Å². The normalized spacial score (nSPS) is 23.2. The molecule has 5 unspecified atom stereocenters. The molecule has 59 heavy (non-hydrogen) atoms. The number of benzene rings is 4. The summed E-state index contributed by atoms with van der Waals surface area (Å²) in [6.07, 6.45) is 1.69. The number of nitrogens with zero attached hydrogens (tertiary/aromatic N) is 1. The zero-order valence-corrected chi connectivity index (χ0v) is 33.0. The lowest BCUT2D eigenvalue weighted by atomic mass is 9.87. The summed E-state index contributed by atoms with van der Waals surface area (Å²) in [7, 11) is 3.40. The van der Waals surface area contributed by atoms with Gasteiger partial charge in [0.15, 0.2) is 18.0 Å². The number of carbonyl (C=O) groups excluding carboxylic acids is 2. The molecule has 4 aromatic carbocycles. The van der Waals surface area contributed by atoms with Crippen LogP contribution >= 0.6 is 0 Å². The van der Waals surface area contributed by atoms with Crippen LogP contribution in [0.1, 0.15) is 80.1 Å². The highest BCUT2D eigenvalue weighted by atomic mass is 16.7. The summed E-state index contributed by atoms with van der Waals surface area (Å²) in [5.41, 5.74) is 5.89. The lowest BCUT2D eigenvalue weighted by Crippen LogP contribution is -2.60. The average Bonchev–Trinajstić information content (AvgIpc) is 3.99. The number of fused-ring (bicyclic) bond motifs is 5. The number of aromatic amines is 1. The molecule has 306 valence electrons. The van der Waals surface area contributed by atoms with Crippen molar-refractivity contribution in [1.82, 2.24) is 15.2 Å². The zero-order chi connectivity index (χ0) is 40.8. The average molecular weight is 802 g/mol. The maximum absolute atomic E-state index is 14.5. The Kier molecular flexibility index (Phi) is 10.7. The van der Waals surface area contributed by atoms with E-state index in [4.69, 9.17) is 23.7 Å². The second-order valence-corrected chi connectivity index (χ2v) is 15.8. The number of phenolic OH excluding ortho intramolecular Hbond substituents is 1. The number of phenols is 1. The minimum atomic E-state index is -1.57. The fourth-order valence-electron chi connectivity index (χ4n) is 9.13. The predicted molar refractivity (Wildman–Crippen MR) is 217 cm³/mol. The molecule has 5 N–H and O–H groups in total. The molecular formula is C46H47N3O10. The SMILES string of the molecule is CNCc1ccc2[nH]cc(COCC3OC4Oc5cc(OC)cc6cc(C7CCCC7)c(c(O)c56)C(=O)CN5Cc6c(cccc6C5=O)CC#COC(C3O)C4O)c2c1. The number of rotatable bonds is 8. The van der Waals surface area contributed by atoms with Gasteiger partial charge in [-0.3, -0.25) is 9.59 Å². The highest BCUT2D eigenvalue weighted by Gasteiger charge is 2.48. The lowest BCUT2D eigenvalue weighted by molar-refractivity contribution is -0.279. The summed E-state index contributed by atoms with van der Waals surface area (Å²) >= 11 is 0. The first-order valence-electron chi connectivity index (χ1n) is 20.2. The Bertz CT molecular complexity index is 2500. The fourth-order valence-corrected chi connectivity index (χ4v) is 9.13. The van der Waals surface area contributed by atoms with E-state index in [-0.39, 0.29) is 67.0 Å². The van der Waals surface area contributed by atoms with E-state index in [9.17, 15) is 24.9 Å². The van der Waals surface area contributed by atoms with Crippen molar-refractivity contribution in [2.45, 2.75) is 88.4 Å². The van der Waals surface area contributed by atoms with E-state index in [1.807, 2.05) is 31.4 Å². The summed E-state index contributed by atoms with van der Waals surface area (Å²) < 4.78 is 30.5. The summed E-state index contributed by atoms with van der Waals surface area (Å²) in [5.74, 6) is 2.52. The van der Waals surface area contributed by atoms with Gasteiger partial charge in [0.2, 0.25) is 6.29 Å². The van der Waals surface area contributed by atoms with Gasteiger partial charge >= 0.3 is 0 Å². The number of methoxy groups -OCH3 is 1. The summed E-state index contributed by atoms with van der Waals surface area (Å²) in [6, 6.07) is 16.8. The van der Waals surface area contributed by atoms with Crippen molar-refractivity contribution in [3.05, 3.63) is 99.7 Å². The monoisotopic (exact) mass is 801 g/mol. The Balaban J connectivity index is 1.10. The molecule has 9 rings (SSSR count). The van der Waals surface area contributed by atoms with Crippen LogP contribution in [-0.4, -0.2) is 94.9 Å². The first kappa shape index (κ1) is 38.9. The molecule has 1 aromatic heterocycles. The van der Waals surface area contributed by atoms with Crippen molar-refractivity contribution < 1.29 is 48.6 Å². The number of hydrogen-bond donors (Lipinski definition) is 5. The second-order valence-electron chi connectivity index (χ2n) is 15.8.